The second-order valence-electron chi connectivity index (χ2n) is 1.08. The van der Waals surface area contributed by atoms with E-state index in [-0.39, 0.29) is 5.97 Å². The maximum atomic E-state index is 9.93. The zero-order chi connectivity index (χ0) is 5.70. The van der Waals surface area contributed by atoms with Crippen LogP contribution in [0.2, 0.25) is 0 Å². The van der Waals surface area contributed by atoms with Gasteiger partial charge in [-0.25, -0.2) is 0 Å². The molecule has 0 rings (SSSR count). The van der Waals surface area contributed by atoms with Crippen molar-refractivity contribution in [3.05, 3.63) is 12.3 Å². The molecule has 0 amide bonds. The second-order valence-corrected chi connectivity index (χ2v) is 1.08. The normalized spacial score (nSPS) is 9.43. The number of hydrogen-bond acceptors (Lipinski definition) is 2. The number of allylic oxidation sites excluding steroid dienone is 1. The lowest BCUT2D eigenvalue weighted by Gasteiger charge is -1.85. The first-order valence-corrected chi connectivity index (χ1v) is 2.05. The number of carbonyl (C=O) groups is 1. The first-order chi connectivity index (χ1) is 3.27. The van der Waals surface area contributed by atoms with Gasteiger partial charge in [0.2, 0.25) is 0 Å². The Bertz CT molecular complexity index is 84.1. The lowest BCUT2D eigenvalue weighted by Crippen LogP contribution is -1.88. The smallest absolute Gasteiger partial charge is 0.307 e. The van der Waals surface area contributed by atoms with Gasteiger partial charge in [0.1, 0.15) is 0 Å². The molecule has 0 spiro atoms. The van der Waals surface area contributed by atoms with Crippen molar-refractivity contribution >= 4 is 5.97 Å². The monoisotopic (exact) mass is 100 g/mol. The molecule has 0 aliphatic carbocycles. The third-order valence-electron chi connectivity index (χ3n) is 0.370. The van der Waals surface area contributed by atoms with Gasteiger partial charge < -0.3 is 4.74 Å². The van der Waals surface area contributed by atoms with E-state index in [2.05, 4.69) is 4.74 Å². The standard InChI is InChI=1S/C5H8O2/c1-3-4-7-5(2)6/h3-4H,1-2H3/b4-3-. The van der Waals surface area contributed by atoms with Crippen molar-refractivity contribution in [1.82, 2.24) is 0 Å². The van der Waals surface area contributed by atoms with E-state index in [1.807, 2.05) is 0 Å². The lowest BCUT2D eigenvalue weighted by molar-refractivity contribution is -0.135. The van der Waals surface area contributed by atoms with Gasteiger partial charge in [0.25, 0.3) is 0 Å². The molecule has 2 heteroatoms. The second kappa shape index (κ2) is 3.40. The number of esters is 1. The highest BCUT2D eigenvalue weighted by molar-refractivity contribution is 5.66. The molecule has 0 N–H and O–H groups in total. The molecular formula is C5H8O2. The molecular weight excluding hydrogens is 92.1 g/mol. The summed E-state index contributed by atoms with van der Waals surface area (Å²) in [5.74, 6) is -0.280. The van der Waals surface area contributed by atoms with E-state index >= 15 is 0 Å². The molecule has 0 aliphatic heterocycles. The molecule has 0 radical (unpaired) electrons. The number of rotatable bonds is 1. The molecule has 7 heavy (non-hydrogen) atoms. The highest BCUT2D eigenvalue weighted by atomic mass is 16.5. The number of hydrogen-bond donors (Lipinski definition) is 0. The van der Waals surface area contributed by atoms with Gasteiger partial charge in [-0.1, -0.05) is 6.08 Å². The van der Waals surface area contributed by atoms with Gasteiger partial charge in [-0.2, -0.15) is 0 Å². The van der Waals surface area contributed by atoms with Gasteiger partial charge in [0.15, 0.2) is 0 Å². The van der Waals surface area contributed by atoms with Crippen molar-refractivity contribution in [1.29, 1.82) is 0 Å². The third kappa shape index (κ3) is 5.21. The first kappa shape index (κ1) is 6.21. The molecule has 40 valence electrons. The van der Waals surface area contributed by atoms with Crippen LogP contribution in [0.25, 0.3) is 0 Å². The fraction of sp³-hybridized carbons (Fsp3) is 0.400. The summed E-state index contributed by atoms with van der Waals surface area (Å²) in [6, 6.07) is 0. The van der Waals surface area contributed by atoms with Crippen molar-refractivity contribution in [3.63, 3.8) is 0 Å². The van der Waals surface area contributed by atoms with Crippen molar-refractivity contribution < 1.29 is 9.53 Å². The Morgan fingerprint density at radius 1 is 1.71 bits per heavy atom. The van der Waals surface area contributed by atoms with Crippen LogP contribution in [-0.4, -0.2) is 5.97 Å². The molecule has 0 fully saturated rings. The zero-order valence-electron chi connectivity index (χ0n) is 4.47. The molecule has 0 aromatic carbocycles. The Hall–Kier alpha value is -0.790. The van der Waals surface area contributed by atoms with Crippen molar-refractivity contribution in [2.24, 2.45) is 0 Å². The quantitative estimate of drug-likeness (QED) is 0.364. The van der Waals surface area contributed by atoms with Gasteiger partial charge in [-0.05, 0) is 6.92 Å². The van der Waals surface area contributed by atoms with Crippen LogP contribution < -0.4 is 0 Å². The molecule has 0 unspecified atom stereocenters. The van der Waals surface area contributed by atoms with E-state index in [0.29, 0.717) is 0 Å². The van der Waals surface area contributed by atoms with Crippen molar-refractivity contribution in [3.8, 4) is 0 Å². The third-order valence-corrected chi connectivity index (χ3v) is 0.370. The highest BCUT2D eigenvalue weighted by Crippen LogP contribution is 1.75. The summed E-state index contributed by atoms with van der Waals surface area (Å²) in [6.45, 7) is 3.14. The van der Waals surface area contributed by atoms with E-state index in [0.717, 1.165) is 0 Å². The van der Waals surface area contributed by atoms with Gasteiger partial charge in [0.05, 0.1) is 6.26 Å². The minimum absolute atomic E-state index is 0.280. The van der Waals surface area contributed by atoms with Crippen LogP contribution in [0.3, 0.4) is 0 Å². The average molecular weight is 100 g/mol. The largest absolute Gasteiger partial charge is 0.435 e. The van der Waals surface area contributed by atoms with E-state index < -0.39 is 0 Å². The molecule has 0 atom stereocenters. The van der Waals surface area contributed by atoms with Gasteiger partial charge in [0, 0.05) is 6.92 Å². The first-order valence-electron chi connectivity index (χ1n) is 2.05. The van der Waals surface area contributed by atoms with Crippen LogP contribution in [0.15, 0.2) is 12.3 Å². The van der Waals surface area contributed by atoms with Crippen LogP contribution in [0.1, 0.15) is 13.8 Å². The zero-order valence-corrected chi connectivity index (χ0v) is 4.47. The summed E-state index contributed by atoms with van der Waals surface area (Å²) in [7, 11) is 0. The Morgan fingerprint density at radius 2 is 2.29 bits per heavy atom. The van der Waals surface area contributed by atoms with Gasteiger partial charge in [-0.3, -0.25) is 4.79 Å². The molecule has 0 aliphatic rings. The van der Waals surface area contributed by atoms with E-state index in [9.17, 15) is 4.79 Å². The fourth-order valence-electron chi connectivity index (χ4n) is 0.164. The summed E-state index contributed by atoms with van der Waals surface area (Å²) in [5.41, 5.74) is 0. The molecule has 0 aromatic heterocycles. The molecule has 0 heterocycles. The van der Waals surface area contributed by atoms with E-state index in [4.69, 9.17) is 0 Å². The van der Waals surface area contributed by atoms with Crippen LogP contribution in [-0.2, 0) is 9.53 Å². The minimum Gasteiger partial charge on any atom is -0.435 e. The predicted molar refractivity (Wildman–Crippen MR) is 26.6 cm³/mol. The minimum atomic E-state index is -0.280. The summed E-state index contributed by atoms with van der Waals surface area (Å²) >= 11 is 0. The summed E-state index contributed by atoms with van der Waals surface area (Å²) in [4.78, 5) is 9.93. The van der Waals surface area contributed by atoms with E-state index in [1.54, 1.807) is 13.0 Å². The Labute approximate surface area is 42.8 Å². The number of ether oxygens (including phenoxy) is 1. The van der Waals surface area contributed by atoms with Crippen LogP contribution >= 0.6 is 0 Å². The molecule has 0 bridgehead atoms. The Kier molecular flexibility index (Phi) is 3.02. The Morgan fingerprint density at radius 3 is 2.43 bits per heavy atom. The number of carbonyl (C=O) groups excluding carboxylic acids is 1. The summed E-state index contributed by atoms with van der Waals surface area (Å²) in [6.07, 6.45) is 3.00. The van der Waals surface area contributed by atoms with Crippen LogP contribution in [0.5, 0.6) is 0 Å². The molecule has 0 aromatic rings. The van der Waals surface area contributed by atoms with E-state index in [1.165, 1.54) is 13.2 Å². The lowest BCUT2D eigenvalue weighted by atomic mass is 10.7. The van der Waals surface area contributed by atoms with Crippen molar-refractivity contribution in [2.75, 3.05) is 0 Å². The maximum absolute atomic E-state index is 9.93. The summed E-state index contributed by atoms with van der Waals surface area (Å²) < 4.78 is 4.37. The van der Waals surface area contributed by atoms with Gasteiger partial charge >= 0.3 is 5.97 Å². The highest BCUT2D eigenvalue weighted by Gasteiger charge is 1.80. The Balaban J connectivity index is 3.14. The average Bonchev–Trinajstić information content (AvgIpc) is 1.61. The fourth-order valence-corrected chi connectivity index (χ4v) is 0.164. The molecule has 0 saturated carbocycles. The van der Waals surface area contributed by atoms with Crippen LogP contribution in [0.4, 0.5) is 0 Å². The molecule has 2 nitrogen and oxygen atoms in total. The molecule has 0 saturated heterocycles. The topological polar surface area (TPSA) is 26.3 Å². The predicted octanol–water partition coefficient (Wildman–Crippen LogP) is 1.08. The van der Waals surface area contributed by atoms with Crippen LogP contribution in [0, 0.1) is 0 Å². The maximum Gasteiger partial charge on any atom is 0.307 e. The SMILES string of the molecule is C/C=C\OC(C)=O. The van der Waals surface area contributed by atoms with Crippen molar-refractivity contribution in [2.45, 2.75) is 13.8 Å². The van der Waals surface area contributed by atoms with Gasteiger partial charge in [-0.15, -0.1) is 0 Å². The summed E-state index contributed by atoms with van der Waals surface area (Å²) in [5, 5.41) is 0.